The highest BCUT2D eigenvalue weighted by Gasteiger charge is 2.61. The van der Waals surface area contributed by atoms with E-state index in [2.05, 4.69) is 29.2 Å². The summed E-state index contributed by atoms with van der Waals surface area (Å²) in [7, 11) is 1.47. The minimum atomic E-state index is -0.256. The molecule has 0 radical (unpaired) electrons. The first kappa shape index (κ1) is 12.7. The Bertz CT molecular complexity index is 698. The number of carbonyl (C=O) groups excluding carboxylic acids is 1. The molecule has 1 aliphatic carbocycles. The van der Waals surface area contributed by atoms with Crippen molar-refractivity contribution in [3.05, 3.63) is 41.6 Å². The molecule has 2 fully saturated rings. The van der Waals surface area contributed by atoms with Crippen molar-refractivity contribution in [2.75, 3.05) is 25.1 Å². The quantitative estimate of drug-likeness (QED) is 0.738. The molecule has 2 bridgehead atoms. The fourth-order valence-corrected chi connectivity index (χ4v) is 5.32. The van der Waals surface area contributed by atoms with Gasteiger partial charge in [-0.05, 0) is 49.9 Å². The smallest absolute Gasteiger partial charge is 0.418 e. The number of amides is 1. The Hall–Kier alpha value is -1.81. The van der Waals surface area contributed by atoms with Crippen molar-refractivity contribution >= 4 is 11.8 Å². The number of anilines is 1. The Kier molecular flexibility index (Phi) is 2.39. The van der Waals surface area contributed by atoms with Crippen LogP contribution in [0.3, 0.4) is 0 Å². The van der Waals surface area contributed by atoms with Crippen LogP contribution in [0.25, 0.3) is 0 Å². The first-order valence-electron chi connectivity index (χ1n) is 8.19. The van der Waals surface area contributed by atoms with Gasteiger partial charge in [0.1, 0.15) is 0 Å². The average Bonchev–Trinajstić information content (AvgIpc) is 3.09. The van der Waals surface area contributed by atoms with Gasteiger partial charge in [-0.3, -0.25) is 4.90 Å². The molecule has 1 aromatic carbocycles. The van der Waals surface area contributed by atoms with Crippen LogP contribution < -0.4 is 4.90 Å². The minimum Gasteiger partial charge on any atom is -0.452 e. The summed E-state index contributed by atoms with van der Waals surface area (Å²) in [6, 6.07) is 8.94. The van der Waals surface area contributed by atoms with Crippen molar-refractivity contribution in [1.82, 2.24) is 4.90 Å². The SMILES string of the molecule is COC(=O)N1C2=C[C@H]3CCN4CC[C@]2(c2ccccc21)[C@H]4C3. The average molecular weight is 296 g/mol. The van der Waals surface area contributed by atoms with Crippen molar-refractivity contribution in [3.63, 3.8) is 0 Å². The van der Waals surface area contributed by atoms with Gasteiger partial charge in [-0.15, -0.1) is 0 Å². The van der Waals surface area contributed by atoms with Crippen molar-refractivity contribution < 1.29 is 9.53 Å². The second kappa shape index (κ2) is 4.13. The Morgan fingerprint density at radius 3 is 3.05 bits per heavy atom. The van der Waals surface area contributed by atoms with Gasteiger partial charge in [-0.25, -0.2) is 9.69 Å². The fourth-order valence-electron chi connectivity index (χ4n) is 5.32. The normalized spacial score (nSPS) is 35.0. The number of nitrogens with zero attached hydrogens (tertiary/aromatic N) is 2. The third kappa shape index (κ3) is 1.30. The molecule has 1 aromatic rings. The van der Waals surface area contributed by atoms with E-state index in [1.54, 1.807) is 0 Å². The number of benzene rings is 1. The van der Waals surface area contributed by atoms with E-state index < -0.39 is 0 Å². The number of carbonyl (C=O) groups is 1. The first-order chi connectivity index (χ1) is 10.8. The minimum absolute atomic E-state index is 0.00169. The summed E-state index contributed by atoms with van der Waals surface area (Å²) in [4.78, 5) is 16.9. The number of allylic oxidation sites excluding steroid dienone is 1. The van der Waals surface area contributed by atoms with Gasteiger partial charge in [-0.2, -0.15) is 0 Å². The van der Waals surface area contributed by atoms with Crippen LogP contribution in [0, 0.1) is 5.92 Å². The Labute approximate surface area is 130 Å². The molecule has 0 N–H and O–H groups in total. The van der Waals surface area contributed by atoms with E-state index >= 15 is 0 Å². The van der Waals surface area contributed by atoms with Gasteiger partial charge < -0.3 is 4.74 Å². The Morgan fingerprint density at radius 2 is 2.18 bits per heavy atom. The van der Waals surface area contributed by atoms with Crippen molar-refractivity contribution in [2.24, 2.45) is 5.92 Å². The summed E-state index contributed by atoms with van der Waals surface area (Å²) in [6.07, 6.45) is 5.67. The van der Waals surface area contributed by atoms with Gasteiger partial charge in [0.2, 0.25) is 0 Å². The zero-order valence-corrected chi connectivity index (χ0v) is 12.8. The van der Waals surface area contributed by atoms with Gasteiger partial charge in [-0.1, -0.05) is 24.3 Å². The van der Waals surface area contributed by atoms with Crippen molar-refractivity contribution in [1.29, 1.82) is 0 Å². The van der Waals surface area contributed by atoms with Crippen LogP contribution in [0.4, 0.5) is 10.5 Å². The molecule has 0 saturated carbocycles. The molecular formula is C18H20N2O2. The Balaban J connectivity index is 1.79. The van der Waals surface area contributed by atoms with Crippen LogP contribution >= 0.6 is 0 Å². The first-order valence-corrected chi connectivity index (χ1v) is 8.19. The number of para-hydroxylation sites is 1. The van der Waals surface area contributed by atoms with Crippen LogP contribution in [0.2, 0.25) is 0 Å². The number of hydrogen-bond donors (Lipinski definition) is 0. The molecular weight excluding hydrogens is 276 g/mol. The molecule has 5 rings (SSSR count). The lowest BCUT2D eigenvalue weighted by Crippen LogP contribution is -2.51. The van der Waals surface area contributed by atoms with Gasteiger partial charge in [0.15, 0.2) is 0 Å². The third-order valence-electron chi connectivity index (χ3n) is 6.19. The van der Waals surface area contributed by atoms with Crippen LogP contribution in [0.5, 0.6) is 0 Å². The molecule has 0 aromatic heterocycles. The van der Waals surface area contributed by atoms with Gasteiger partial charge >= 0.3 is 6.09 Å². The molecule has 22 heavy (non-hydrogen) atoms. The molecule has 4 heteroatoms. The maximum Gasteiger partial charge on any atom is 0.418 e. The molecule has 0 unspecified atom stereocenters. The predicted octanol–water partition coefficient (Wildman–Crippen LogP) is 2.89. The standard InChI is InChI=1S/C18H20N2O2/c1-22-17(21)20-14-5-3-2-4-13(14)18-7-9-19-8-6-12(10-15(18)19)11-16(18)20/h2-5,11-12,15H,6-10H2,1H3/t12-,15+,18-/m0/s1. The molecule has 3 atom stereocenters. The maximum atomic E-state index is 12.5. The molecule has 3 aliphatic heterocycles. The van der Waals surface area contributed by atoms with Gasteiger partial charge in [0.05, 0.1) is 18.2 Å². The molecule has 4 nitrogen and oxygen atoms in total. The summed E-state index contributed by atoms with van der Waals surface area (Å²) in [6.45, 7) is 2.33. The number of hydrogen-bond acceptors (Lipinski definition) is 3. The molecule has 114 valence electrons. The van der Waals surface area contributed by atoms with Crippen LogP contribution in [0.15, 0.2) is 36.0 Å². The predicted molar refractivity (Wildman–Crippen MR) is 83.8 cm³/mol. The fraction of sp³-hybridized carbons (Fsp3) is 0.500. The topological polar surface area (TPSA) is 32.8 Å². The van der Waals surface area contributed by atoms with Gasteiger partial charge in [0.25, 0.3) is 0 Å². The van der Waals surface area contributed by atoms with Gasteiger partial charge in [0, 0.05) is 11.7 Å². The van der Waals surface area contributed by atoms with Crippen molar-refractivity contribution in [3.8, 4) is 0 Å². The summed E-state index contributed by atoms with van der Waals surface area (Å²) >= 11 is 0. The Morgan fingerprint density at radius 1 is 1.32 bits per heavy atom. The summed E-state index contributed by atoms with van der Waals surface area (Å²) in [5.41, 5.74) is 3.53. The summed E-state index contributed by atoms with van der Waals surface area (Å²) in [5.74, 6) is 0.601. The molecule has 1 amide bonds. The number of methoxy groups -OCH3 is 1. The van der Waals surface area contributed by atoms with E-state index in [1.807, 2.05) is 11.0 Å². The van der Waals surface area contributed by atoms with Crippen LogP contribution in [0.1, 0.15) is 24.8 Å². The van der Waals surface area contributed by atoms with E-state index in [4.69, 9.17) is 4.74 Å². The zero-order chi connectivity index (χ0) is 14.9. The molecule has 4 aliphatic rings. The number of rotatable bonds is 0. The lowest BCUT2D eigenvalue weighted by molar-refractivity contribution is 0.131. The lowest BCUT2D eigenvalue weighted by Gasteiger charge is -2.46. The molecule has 3 heterocycles. The van der Waals surface area contributed by atoms with Crippen molar-refractivity contribution in [2.45, 2.75) is 30.7 Å². The third-order valence-corrected chi connectivity index (χ3v) is 6.19. The lowest BCUT2D eigenvalue weighted by atomic mass is 9.65. The highest BCUT2D eigenvalue weighted by atomic mass is 16.5. The van der Waals surface area contributed by atoms with Crippen LogP contribution in [-0.2, 0) is 10.2 Å². The van der Waals surface area contributed by atoms with E-state index in [0.717, 1.165) is 18.7 Å². The van der Waals surface area contributed by atoms with E-state index in [-0.39, 0.29) is 11.5 Å². The second-order valence-corrected chi connectivity index (χ2v) is 6.93. The maximum absolute atomic E-state index is 12.5. The summed E-state index contributed by atoms with van der Waals surface area (Å²) in [5, 5.41) is 0. The van der Waals surface area contributed by atoms with E-state index in [1.165, 1.54) is 37.8 Å². The van der Waals surface area contributed by atoms with E-state index in [9.17, 15) is 4.79 Å². The summed E-state index contributed by atoms with van der Waals surface area (Å²) < 4.78 is 5.10. The largest absolute Gasteiger partial charge is 0.452 e. The van der Waals surface area contributed by atoms with E-state index in [0.29, 0.717) is 12.0 Å². The highest BCUT2D eigenvalue weighted by molar-refractivity contribution is 5.97. The number of ether oxygens (including phenoxy) is 1. The molecule has 2 saturated heterocycles. The second-order valence-electron chi connectivity index (χ2n) is 6.93. The van der Waals surface area contributed by atoms with Crippen LogP contribution in [-0.4, -0.2) is 37.2 Å². The highest BCUT2D eigenvalue weighted by Crippen LogP contribution is 2.60. The zero-order valence-electron chi connectivity index (χ0n) is 12.8. The monoisotopic (exact) mass is 296 g/mol. The molecule has 1 spiro atoms. The number of fused-ring (bicyclic) bond motifs is 2. The number of piperidine rings is 1.